The van der Waals surface area contributed by atoms with Crippen molar-refractivity contribution in [2.75, 3.05) is 0 Å². The lowest BCUT2D eigenvalue weighted by Gasteiger charge is -1.99. The molecule has 0 aliphatic carbocycles. The first-order valence-corrected chi connectivity index (χ1v) is 3.28. The molecular weight excluding hydrogens is 153 g/mol. The molecule has 0 atom stereocenters. The van der Waals surface area contributed by atoms with Gasteiger partial charge in [0.2, 0.25) is 5.95 Å². The van der Waals surface area contributed by atoms with Gasteiger partial charge in [0.15, 0.2) is 0 Å². The molecule has 10 heavy (non-hydrogen) atoms. The minimum absolute atomic E-state index is 0.209. The summed E-state index contributed by atoms with van der Waals surface area (Å²) in [5.74, 6) is -0.481. The van der Waals surface area contributed by atoms with Crippen molar-refractivity contribution < 1.29 is 4.39 Å². The van der Waals surface area contributed by atoms with E-state index in [1.807, 2.05) is 0 Å². The first-order valence-electron chi connectivity index (χ1n) is 2.90. The molecular formula is C7H7ClFN. The maximum atomic E-state index is 12.6. The van der Waals surface area contributed by atoms with E-state index in [4.69, 9.17) is 11.6 Å². The van der Waals surface area contributed by atoms with Crippen LogP contribution in [0.5, 0.6) is 0 Å². The summed E-state index contributed by atoms with van der Waals surface area (Å²) in [6.07, 6.45) is 0. The van der Waals surface area contributed by atoms with Crippen LogP contribution in [0, 0.1) is 19.8 Å². The lowest BCUT2D eigenvalue weighted by atomic mass is 10.2. The number of hydrogen-bond acceptors (Lipinski definition) is 1. The molecule has 0 radical (unpaired) electrons. The van der Waals surface area contributed by atoms with E-state index in [9.17, 15) is 4.39 Å². The van der Waals surface area contributed by atoms with Crippen LogP contribution in [0.2, 0.25) is 5.15 Å². The molecule has 0 spiro atoms. The van der Waals surface area contributed by atoms with Gasteiger partial charge in [-0.25, -0.2) is 4.98 Å². The monoisotopic (exact) mass is 159 g/mol. The van der Waals surface area contributed by atoms with Gasteiger partial charge in [0.25, 0.3) is 0 Å². The highest BCUT2D eigenvalue weighted by molar-refractivity contribution is 6.29. The summed E-state index contributed by atoms with van der Waals surface area (Å²) in [6.45, 7) is 3.47. The summed E-state index contributed by atoms with van der Waals surface area (Å²) in [6, 6.07) is 1.64. The van der Waals surface area contributed by atoms with E-state index in [-0.39, 0.29) is 5.15 Å². The molecule has 3 heteroatoms. The molecule has 0 unspecified atom stereocenters. The van der Waals surface area contributed by atoms with Gasteiger partial charge in [-0.05, 0) is 25.5 Å². The normalized spacial score (nSPS) is 10.0. The van der Waals surface area contributed by atoms with Crippen LogP contribution in [0.25, 0.3) is 0 Å². The number of rotatable bonds is 0. The highest BCUT2D eigenvalue weighted by atomic mass is 35.5. The minimum Gasteiger partial charge on any atom is -0.208 e. The summed E-state index contributed by atoms with van der Waals surface area (Å²) in [5, 5.41) is 0.209. The molecule has 1 aromatic heterocycles. The van der Waals surface area contributed by atoms with Gasteiger partial charge in [-0.15, -0.1) is 0 Å². The Labute approximate surface area is 63.8 Å². The maximum absolute atomic E-state index is 12.6. The molecule has 0 amide bonds. The predicted molar refractivity (Wildman–Crippen MR) is 38.7 cm³/mol. The lowest BCUT2D eigenvalue weighted by Crippen LogP contribution is -1.91. The highest BCUT2D eigenvalue weighted by Gasteiger charge is 2.02. The van der Waals surface area contributed by atoms with Crippen molar-refractivity contribution >= 4 is 11.6 Å². The number of aryl methyl sites for hydroxylation is 1. The molecule has 0 aromatic carbocycles. The third-order valence-corrected chi connectivity index (χ3v) is 1.64. The maximum Gasteiger partial charge on any atom is 0.217 e. The van der Waals surface area contributed by atoms with Crippen LogP contribution in [-0.4, -0.2) is 4.98 Å². The zero-order valence-corrected chi connectivity index (χ0v) is 6.54. The highest BCUT2D eigenvalue weighted by Crippen LogP contribution is 2.13. The molecule has 1 heterocycles. The molecule has 1 rings (SSSR count). The average Bonchev–Trinajstić information content (AvgIpc) is 1.82. The van der Waals surface area contributed by atoms with Crippen LogP contribution in [0.15, 0.2) is 6.07 Å². The second kappa shape index (κ2) is 2.54. The van der Waals surface area contributed by atoms with E-state index in [1.54, 1.807) is 19.9 Å². The van der Waals surface area contributed by atoms with Gasteiger partial charge in [0.05, 0.1) is 0 Å². The van der Waals surface area contributed by atoms with Crippen molar-refractivity contribution in [3.05, 3.63) is 28.3 Å². The summed E-state index contributed by atoms with van der Waals surface area (Å²) in [7, 11) is 0. The third kappa shape index (κ3) is 1.27. The first-order chi connectivity index (χ1) is 4.61. The Kier molecular flexibility index (Phi) is 1.90. The first kappa shape index (κ1) is 7.48. The van der Waals surface area contributed by atoms with Crippen LogP contribution in [-0.2, 0) is 0 Å². The molecule has 54 valence electrons. The quantitative estimate of drug-likeness (QED) is 0.530. The Bertz CT molecular complexity index is 237. The number of nitrogens with zero attached hydrogens (tertiary/aromatic N) is 1. The van der Waals surface area contributed by atoms with Gasteiger partial charge in [-0.1, -0.05) is 11.6 Å². The van der Waals surface area contributed by atoms with Crippen LogP contribution in [0.4, 0.5) is 4.39 Å². The van der Waals surface area contributed by atoms with E-state index in [1.165, 1.54) is 0 Å². The molecule has 0 N–H and O–H groups in total. The molecule has 0 aliphatic rings. The molecule has 0 saturated carbocycles. The zero-order chi connectivity index (χ0) is 7.72. The second-order valence-corrected chi connectivity index (χ2v) is 2.56. The summed E-state index contributed by atoms with van der Waals surface area (Å²) in [4.78, 5) is 3.43. The van der Waals surface area contributed by atoms with E-state index >= 15 is 0 Å². The van der Waals surface area contributed by atoms with E-state index in [2.05, 4.69) is 4.98 Å². The Hall–Kier alpha value is -0.630. The van der Waals surface area contributed by atoms with Crippen LogP contribution in [0.1, 0.15) is 11.1 Å². The summed E-state index contributed by atoms with van der Waals surface area (Å²) < 4.78 is 12.6. The van der Waals surface area contributed by atoms with Gasteiger partial charge < -0.3 is 0 Å². The van der Waals surface area contributed by atoms with Gasteiger partial charge in [-0.2, -0.15) is 4.39 Å². The van der Waals surface area contributed by atoms with Crippen molar-refractivity contribution in [1.82, 2.24) is 4.98 Å². The number of aromatic nitrogens is 1. The molecule has 1 nitrogen and oxygen atoms in total. The average molecular weight is 160 g/mol. The second-order valence-electron chi connectivity index (χ2n) is 2.18. The van der Waals surface area contributed by atoms with Crippen molar-refractivity contribution in [3.63, 3.8) is 0 Å². The van der Waals surface area contributed by atoms with Gasteiger partial charge in [0, 0.05) is 5.56 Å². The third-order valence-electron chi connectivity index (χ3n) is 1.44. The number of hydrogen-bond donors (Lipinski definition) is 0. The van der Waals surface area contributed by atoms with Crippen molar-refractivity contribution in [2.24, 2.45) is 0 Å². The molecule has 0 saturated heterocycles. The fourth-order valence-corrected chi connectivity index (χ4v) is 0.897. The Morgan fingerprint density at radius 3 is 2.60 bits per heavy atom. The van der Waals surface area contributed by atoms with Gasteiger partial charge >= 0.3 is 0 Å². The molecule has 0 aliphatic heterocycles. The van der Waals surface area contributed by atoms with Crippen molar-refractivity contribution in [3.8, 4) is 0 Å². The lowest BCUT2D eigenvalue weighted by molar-refractivity contribution is 0.573. The standard InChI is InChI=1S/C7H7ClFN/c1-4-3-6(8)10-7(9)5(4)2/h3H,1-2H3. The van der Waals surface area contributed by atoms with E-state index in [0.717, 1.165) is 5.56 Å². The number of pyridine rings is 1. The van der Waals surface area contributed by atoms with E-state index < -0.39 is 5.95 Å². The van der Waals surface area contributed by atoms with Crippen LogP contribution in [0.3, 0.4) is 0 Å². The largest absolute Gasteiger partial charge is 0.217 e. The minimum atomic E-state index is -0.481. The Morgan fingerprint density at radius 1 is 1.50 bits per heavy atom. The number of halogens is 2. The fraction of sp³-hybridized carbons (Fsp3) is 0.286. The van der Waals surface area contributed by atoms with Crippen molar-refractivity contribution in [2.45, 2.75) is 13.8 Å². The van der Waals surface area contributed by atoms with Crippen LogP contribution < -0.4 is 0 Å². The SMILES string of the molecule is Cc1cc(Cl)nc(F)c1C. The Morgan fingerprint density at radius 2 is 2.10 bits per heavy atom. The van der Waals surface area contributed by atoms with E-state index in [0.29, 0.717) is 5.56 Å². The molecule has 0 fully saturated rings. The molecule has 1 aromatic rings. The van der Waals surface area contributed by atoms with Gasteiger partial charge in [0.1, 0.15) is 5.15 Å². The Balaban J connectivity index is 3.31. The predicted octanol–water partition coefficient (Wildman–Crippen LogP) is 2.49. The van der Waals surface area contributed by atoms with Crippen molar-refractivity contribution in [1.29, 1.82) is 0 Å². The summed E-state index contributed by atoms with van der Waals surface area (Å²) in [5.41, 5.74) is 1.39. The summed E-state index contributed by atoms with van der Waals surface area (Å²) >= 11 is 5.47. The molecule has 0 bridgehead atoms. The fourth-order valence-electron chi connectivity index (χ4n) is 0.660. The van der Waals surface area contributed by atoms with Gasteiger partial charge in [-0.3, -0.25) is 0 Å². The smallest absolute Gasteiger partial charge is 0.208 e. The zero-order valence-electron chi connectivity index (χ0n) is 5.78. The topological polar surface area (TPSA) is 12.9 Å². The van der Waals surface area contributed by atoms with Crippen LogP contribution >= 0.6 is 11.6 Å².